The Morgan fingerprint density at radius 1 is 1.18 bits per heavy atom. The van der Waals surface area contributed by atoms with Gasteiger partial charge in [0.1, 0.15) is 5.82 Å². The number of hydrogen-bond acceptors (Lipinski definition) is 2. The van der Waals surface area contributed by atoms with E-state index in [9.17, 15) is 14.0 Å². The monoisotopic (exact) mass is 307 g/mol. The Kier molecular flexibility index (Phi) is 5.35. The highest BCUT2D eigenvalue weighted by atomic mass is 19.1. The molecule has 0 saturated heterocycles. The van der Waals surface area contributed by atoms with Gasteiger partial charge in [0, 0.05) is 32.0 Å². The van der Waals surface area contributed by atoms with E-state index in [4.69, 9.17) is 0 Å². The molecule has 3 amide bonds. The first-order valence-corrected chi connectivity index (χ1v) is 7.54. The molecule has 0 unspecified atom stereocenters. The largest absolute Gasteiger partial charge is 0.356 e. The van der Waals surface area contributed by atoms with Gasteiger partial charge in [-0.2, -0.15) is 0 Å². The van der Waals surface area contributed by atoms with Gasteiger partial charge in [-0.3, -0.25) is 4.79 Å². The number of nitrogens with one attached hydrogen (secondary N) is 3. The van der Waals surface area contributed by atoms with Crippen LogP contribution in [-0.4, -0.2) is 31.6 Å². The van der Waals surface area contributed by atoms with Gasteiger partial charge >= 0.3 is 6.03 Å². The number of urea groups is 1. The Morgan fingerprint density at radius 2 is 1.91 bits per heavy atom. The molecule has 5 nitrogen and oxygen atoms in total. The molecule has 0 aromatic heterocycles. The molecule has 6 heteroatoms. The molecule has 1 aliphatic rings. The van der Waals surface area contributed by atoms with Crippen LogP contribution in [0.4, 0.5) is 9.18 Å². The third-order valence-electron chi connectivity index (χ3n) is 3.89. The van der Waals surface area contributed by atoms with Crippen molar-refractivity contribution in [2.75, 3.05) is 19.6 Å². The van der Waals surface area contributed by atoms with Gasteiger partial charge < -0.3 is 16.0 Å². The Morgan fingerprint density at radius 3 is 2.55 bits per heavy atom. The third kappa shape index (κ3) is 4.72. The zero-order valence-corrected chi connectivity index (χ0v) is 12.7. The normalized spacial score (nSPS) is 15.0. The summed E-state index contributed by atoms with van der Waals surface area (Å²) in [7, 11) is 0. The number of benzene rings is 1. The molecule has 0 atom stereocenters. The van der Waals surface area contributed by atoms with Gasteiger partial charge in [-0.1, -0.05) is 12.1 Å². The third-order valence-corrected chi connectivity index (χ3v) is 3.89. The van der Waals surface area contributed by atoms with Crippen LogP contribution in [-0.2, 0) is 10.2 Å². The molecule has 1 saturated carbocycles. The van der Waals surface area contributed by atoms with Crippen LogP contribution in [0.3, 0.4) is 0 Å². The fourth-order valence-corrected chi connectivity index (χ4v) is 2.40. The minimum atomic E-state index is -0.244. The van der Waals surface area contributed by atoms with E-state index in [0.29, 0.717) is 26.1 Å². The molecule has 0 bridgehead atoms. The van der Waals surface area contributed by atoms with E-state index in [-0.39, 0.29) is 23.2 Å². The maximum absolute atomic E-state index is 13.3. The van der Waals surface area contributed by atoms with Gasteiger partial charge in [0.25, 0.3) is 0 Å². The van der Waals surface area contributed by atoms with Crippen molar-refractivity contribution in [1.82, 2.24) is 16.0 Å². The van der Waals surface area contributed by atoms with E-state index < -0.39 is 0 Å². The summed E-state index contributed by atoms with van der Waals surface area (Å²) in [5, 5.41) is 8.25. The molecular weight excluding hydrogens is 285 g/mol. The van der Waals surface area contributed by atoms with Crippen molar-refractivity contribution in [3.05, 3.63) is 35.6 Å². The first-order valence-electron chi connectivity index (χ1n) is 7.54. The lowest BCUT2D eigenvalue weighted by molar-refractivity contribution is -0.118. The lowest BCUT2D eigenvalue weighted by atomic mass is 9.96. The number of rotatable bonds is 7. The molecule has 1 aromatic rings. The summed E-state index contributed by atoms with van der Waals surface area (Å²) in [6.07, 6.45) is 2.60. The smallest absolute Gasteiger partial charge is 0.314 e. The first kappa shape index (κ1) is 16.3. The first-order chi connectivity index (χ1) is 10.5. The Labute approximate surface area is 129 Å². The molecule has 1 aromatic carbocycles. The molecule has 0 radical (unpaired) electrons. The molecule has 1 aliphatic carbocycles. The van der Waals surface area contributed by atoms with E-state index in [1.807, 2.05) is 6.07 Å². The van der Waals surface area contributed by atoms with Crippen molar-refractivity contribution in [3.63, 3.8) is 0 Å². The summed E-state index contributed by atoms with van der Waals surface area (Å²) in [5.74, 6) is -0.318. The lowest BCUT2D eigenvalue weighted by Gasteiger charge is -2.17. The number of carbonyl (C=O) groups is 2. The van der Waals surface area contributed by atoms with Gasteiger partial charge in [0.2, 0.25) is 5.91 Å². The number of hydrogen-bond donors (Lipinski definition) is 3. The number of halogens is 1. The second-order valence-electron chi connectivity index (χ2n) is 5.74. The van der Waals surface area contributed by atoms with Crippen LogP contribution < -0.4 is 16.0 Å². The second kappa shape index (κ2) is 7.24. The quantitative estimate of drug-likeness (QED) is 0.671. The van der Waals surface area contributed by atoms with E-state index in [0.717, 1.165) is 18.4 Å². The van der Waals surface area contributed by atoms with Crippen molar-refractivity contribution in [3.8, 4) is 0 Å². The van der Waals surface area contributed by atoms with Crippen LogP contribution in [0.25, 0.3) is 0 Å². The predicted molar refractivity (Wildman–Crippen MR) is 82.0 cm³/mol. The van der Waals surface area contributed by atoms with Gasteiger partial charge in [0.05, 0.1) is 0 Å². The molecule has 22 heavy (non-hydrogen) atoms. The summed E-state index contributed by atoms with van der Waals surface area (Å²) in [4.78, 5) is 22.4. The van der Waals surface area contributed by atoms with Crippen LogP contribution in [0.15, 0.2) is 24.3 Å². The van der Waals surface area contributed by atoms with Gasteiger partial charge in [-0.05, 0) is 37.0 Å². The second-order valence-corrected chi connectivity index (χ2v) is 5.74. The van der Waals surface area contributed by atoms with Crippen LogP contribution in [0.2, 0.25) is 0 Å². The average Bonchev–Trinajstić information content (AvgIpc) is 3.26. The zero-order chi connectivity index (χ0) is 16.0. The topological polar surface area (TPSA) is 70.2 Å². The summed E-state index contributed by atoms with van der Waals surface area (Å²) in [6.45, 7) is 3.01. The fourth-order valence-electron chi connectivity index (χ4n) is 2.40. The standard InChI is InChI=1S/C16H22FN3O2/c1-12(21)18-8-3-9-19-15(22)20-11-16(6-7-16)13-4-2-5-14(17)10-13/h2,4-5,10H,3,6-9,11H2,1H3,(H,18,21)(H2,19,20,22). The van der Waals surface area contributed by atoms with E-state index in [1.165, 1.54) is 13.0 Å². The van der Waals surface area contributed by atoms with Crippen molar-refractivity contribution in [1.29, 1.82) is 0 Å². The van der Waals surface area contributed by atoms with Gasteiger partial charge in [-0.15, -0.1) is 0 Å². The number of carbonyl (C=O) groups excluding carboxylic acids is 2. The van der Waals surface area contributed by atoms with Crippen molar-refractivity contribution < 1.29 is 14.0 Å². The van der Waals surface area contributed by atoms with Crippen LogP contribution in [0.5, 0.6) is 0 Å². The summed E-state index contributed by atoms with van der Waals surface area (Å²) in [6, 6.07) is 6.34. The minimum absolute atomic E-state index is 0.0739. The lowest BCUT2D eigenvalue weighted by Crippen LogP contribution is -2.40. The average molecular weight is 307 g/mol. The SMILES string of the molecule is CC(=O)NCCCNC(=O)NCC1(c2cccc(F)c2)CC1. The van der Waals surface area contributed by atoms with Crippen molar-refractivity contribution >= 4 is 11.9 Å². The Bertz CT molecular complexity index is 544. The van der Waals surface area contributed by atoms with Crippen LogP contribution in [0, 0.1) is 5.82 Å². The Balaban J connectivity index is 1.69. The Hall–Kier alpha value is -2.11. The van der Waals surface area contributed by atoms with E-state index >= 15 is 0 Å². The highest BCUT2D eigenvalue weighted by Crippen LogP contribution is 2.47. The molecule has 0 aliphatic heterocycles. The highest BCUT2D eigenvalue weighted by molar-refractivity contribution is 5.74. The summed E-state index contributed by atoms with van der Waals surface area (Å²) >= 11 is 0. The van der Waals surface area contributed by atoms with Crippen LogP contribution in [0.1, 0.15) is 31.7 Å². The summed E-state index contributed by atoms with van der Waals surface area (Å²) in [5.41, 5.74) is 0.828. The number of amides is 3. The zero-order valence-electron chi connectivity index (χ0n) is 12.7. The van der Waals surface area contributed by atoms with Crippen LogP contribution >= 0.6 is 0 Å². The predicted octanol–water partition coefficient (Wildman–Crippen LogP) is 1.68. The van der Waals surface area contributed by atoms with Gasteiger partial charge in [0.15, 0.2) is 0 Å². The maximum atomic E-state index is 13.3. The molecule has 3 N–H and O–H groups in total. The van der Waals surface area contributed by atoms with E-state index in [1.54, 1.807) is 12.1 Å². The minimum Gasteiger partial charge on any atom is -0.356 e. The fraction of sp³-hybridized carbons (Fsp3) is 0.500. The maximum Gasteiger partial charge on any atom is 0.314 e. The molecule has 0 heterocycles. The molecule has 120 valence electrons. The summed E-state index contributed by atoms with van der Waals surface area (Å²) < 4.78 is 13.3. The van der Waals surface area contributed by atoms with Gasteiger partial charge in [-0.25, -0.2) is 9.18 Å². The molecule has 1 fully saturated rings. The highest BCUT2D eigenvalue weighted by Gasteiger charge is 2.44. The van der Waals surface area contributed by atoms with E-state index in [2.05, 4.69) is 16.0 Å². The molecule has 2 rings (SSSR count). The molecule has 0 spiro atoms. The molecular formula is C16H22FN3O2. The van der Waals surface area contributed by atoms with Crippen molar-refractivity contribution in [2.24, 2.45) is 0 Å². The van der Waals surface area contributed by atoms with Crippen molar-refractivity contribution in [2.45, 2.75) is 31.6 Å².